The van der Waals surface area contributed by atoms with Gasteiger partial charge < -0.3 is 10.1 Å². The summed E-state index contributed by atoms with van der Waals surface area (Å²) in [7, 11) is 1.59. The number of nitrogens with one attached hydrogen (secondary N) is 1. The van der Waals surface area contributed by atoms with Gasteiger partial charge in [-0.25, -0.2) is 0 Å². The number of fused-ring (bicyclic) bond motifs is 1. The highest BCUT2D eigenvalue weighted by Gasteiger charge is 2.12. The first-order chi connectivity index (χ1) is 11.1. The van der Waals surface area contributed by atoms with Crippen molar-refractivity contribution in [1.82, 2.24) is 4.98 Å². The van der Waals surface area contributed by atoms with Crippen molar-refractivity contribution < 1.29 is 4.74 Å². The second kappa shape index (κ2) is 6.45. The van der Waals surface area contributed by atoms with E-state index in [-0.39, 0.29) is 0 Å². The molecule has 114 valence electrons. The topological polar surface area (TPSA) is 57.9 Å². The lowest BCUT2D eigenvalue weighted by Gasteiger charge is -2.13. The van der Waals surface area contributed by atoms with Crippen molar-refractivity contribution in [1.29, 1.82) is 5.26 Å². The van der Waals surface area contributed by atoms with Crippen LogP contribution in [0.1, 0.15) is 5.56 Å². The number of nitriles is 1. The molecule has 0 saturated heterocycles. The summed E-state index contributed by atoms with van der Waals surface area (Å²) in [6, 6.07) is 13.2. The fourth-order valence-electron chi connectivity index (χ4n) is 2.25. The van der Waals surface area contributed by atoms with Crippen LogP contribution in [-0.2, 0) is 0 Å². The van der Waals surface area contributed by atoms with E-state index in [1.807, 2.05) is 18.2 Å². The van der Waals surface area contributed by atoms with Crippen LogP contribution in [0.3, 0.4) is 0 Å². The molecule has 1 aromatic heterocycles. The molecule has 0 amide bonds. The van der Waals surface area contributed by atoms with E-state index in [1.165, 1.54) is 0 Å². The summed E-state index contributed by atoms with van der Waals surface area (Å²) in [6.45, 7) is 0. The first-order valence-corrected chi connectivity index (χ1v) is 7.88. The van der Waals surface area contributed by atoms with Gasteiger partial charge in [0.15, 0.2) is 0 Å². The van der Waals surface area contributed by atoms with Crippen LogP contribution in [0.2, 0.25) is 5.02 Å². The third-order valence-electron chi connectivity index (χ3n) is 3.38. The predicted octanol–water partition coefficient (Wildman–Crippen LogP) is 5.27. The van der Waals surface area contributed by atoms with Gasteiger partial charge in [0.1, 0.15) is 11.8 Å². The van der Waals surface area contributed by atoms with Crippen LogP contribution in [0.25, 0.3) is 10.9 Å². The van der Waals surface area contributed by atoms with Crippen molar-refractivity contribution in [2.75, 3.05) is 12.4 Å². The molecular weight excluding hydrogens is 378 g/mol. The average molecular weight is 389 g/mol. The number of nitrogens with zero attached hydrogens (tertiary/aromatic N) is 2. The summed E-state index contributed by atoms with van der Waals surface area (Å²) < 4.78 is 6.15. The molecular formula is C17H11BrClN3O. The zero-order chi connectivity index (χ0) is 16.4. The number of aromatic nitrogens is 1. The summed E-state index contributed by atoms with van der Waals surface area (Å²) in [5.41, 5.74) is 2.55. The summed E-state index contributed by atoms with van der Waals surface area (Å²) in [4.78, 5) is 4.32. The quantitative estimate of drug-likeness (QED) is 0.663. The molecule has 23 heavy (non-hydrogen) atoms. The molecule has 4 nitrogen and oxygen atoms in total. The minimum Gasteiger partial charge on any atom is -0.497 e. The largest absolute Gasteiger partial charge is 0.497 e. The van der Waals surface area contributed by atoms with Crippen molar-refractivity contribution in [3.8, 4) is 11.8 Å². The van der Waals surface area contributed by atoms with Crippen molar-refractivity contribution in [2.45, 2.75) is 0 Å². The maximum atomic E-state index is 9.38. The third kappa shape index (κ3) is 3.09. The van der Waals surface area contributed by atoms with E-state index in [1.54, 1.807) is 31.5 Å². The zero-order valence-electron chi connectivity index (χ0n) is 12.1. The second-order valence-electron chi connectivity index (χ2n) is 4.79. The standard InChI is InChI=1S/C17H11BrClN3O/c1-23-12-3-5-14(19)16(7-12)22-17-10(8-20)9-21-15-6-11(18)2-4-13(15)17/h2-7,9H,1H3,(H,21,22). The van der Waals surface area contributed by atoms with Crippen LogP contribution in [0.5, 0.6) is 5.75 Å². The van der Waals surface area contributed by atoms with E-state index in [0.717, 1.165) is 15.4 Å². The Bertz CT molecular complexity index is 937. The lowest BCUT2D eigenvalue weighted by atomic mass is 10.1. The Hall–Kier alpha value is -2.29. The van der Waals surface area contributed by atoms with Gasteiger partial charge in [-0.1, -0.05) is 27.5 Å². The highest BCUT2D eigenvalue weighted by atomic mass is 79.9. The van der Waals surface area contributed by atoms with Crippen molar-refractivity contribution in [3.05, 3.63) is 57.7 Å². The van der Waals surface area contributed by atoms with Crippen LogP contribution in [0, 0.1) is 11.3 Å². The monoisotopic (exact) mass is 387 g/mol. The summed E-state index contributed by atoms with van der Waals surface area (Å²) >= 11 is 9.68. The fourth-order valence-corrected chi connectivity index (χ4v) is 2.76. The van der Waals surface area contributed by atoms with Crippen LogP contribution in [0.15, 0.2) is 47.1 Å². The molecule has 1 heterocycles. The normalized spacial score (nSPS) is 10.3. The molecule has 0 unspecified atom stereocenters. The zero-order valence-corrected chi connectivity index (χ0v) is 14.4. The minimum absolute atomic E-state index is 0.443. The number of rotatable bonds is 3. The number of hydrogen-bond donors (Lipinski definition) is 1. The average Bonchev–Trinajstić information content (AvgIpc) is 2.56. The minimum atomic E-state index is 0.443. The molecule has 0 radical (unpaired) electrons. The third-order valence-corrected chi connectivity index (χ3v) is 4.21. The van der Waals surface area contributed by atoms with Crippen molar-refractivity contribution >= 4 is 49.8 Å². The van der Waals surface area contributed by atoms with Gasteiger partial charge in [0.05, 0.1) is 34.6 Å². The summed E-state index contributed by atoms with van der Waals surface area (Å²) in [6.07, 6.45) is 1.55. The van der Waals surface area contributed by atoms with Gasteiger partial charge in [-0.3, -0.25) is 4.98 Å². The van der Waals surface area contributed by atoms with Crippen molar-refractivity contribution in [3.63, 3.8) is 0 Å². The molecule has 1 N–H and O–H groups in total. The van der Waals surface area contributed by atoms with Gasteiger partial charge in [0, 0.05) is 22.1 Å². The first kappa shape index (κ1) is 15.6. The van der Waals surface area contributed by atoms with E-state index in [0.29, 0.717) is 27.7 Å². The number of benzene rings is 2. The molecule has 0 aliphatic rings. The first-order valence-electron chi connectivity index (χ1n) is 6.71. The maximum absolute atomic E-state index is 9.38. The number of hydrogen-bond acceptors (Lipinski definition) is 4. The number of halogens is 2. The van der Waals surface area contributed by atoms with Gasteiger partial charge in [0.2, 0.25) is 0 Å². The van der Waals surface area contributed by atoms with Crippen molar-refractivity contribution in [2.24, 2.45) is 0 Å². The Kier molecular flexibility index (Phi) is 4.37. The van der Waals surface area contributed by atoms with E-state index >= 15 is 0 Å². The highest BCUT2D eigenvalue weighted by Crippen LogP contribution is 2.34. The molecule has 3 rings (SSSR count). The molecule has 2 aromatic carbocycles. The van der Waals surface area contributed by atoms with Gasteiger partial charge >= 0.3 is 0 Å². The fraction of sp³-hybridized carbons (Fsp3) is 0.0588. The number of ether oxygens (including phenoxy) is 1. The molecule has 0 bridgehead atoms. The van der Waals surface area contributed by atoms with Gasteiger partial charge in [0.25, 0.3) is 0 Å². The molecule has 0 spiro atoms. The van der Waals surface area contributed by atoms with Crippen LogP contribution in [-0.4, -0.2) is 12.1 Å². The molecule has 0 aliphatic carbocycles. The molecule has 0 atom stereocenters. The Morgan fingerprint density at radius 2 is 2.09 bits per heavy atom. The summed E-state index contributed by atoms with van der Waals surface area (Å²) in [5, 5.41) is 14.0. The molecule has 3 aromatic rings. The molecule has 0 aliphatic heterocycles. The Balaban J connectivity index is 2.17. The lowest BCUT2D eigenvalue weighted by molar-refractivity contribution is 0.415. The maximum Gasteiger partial charge on any atom is 0.121 e. The lowest BCUT2D eigenvalue weighted by Crippen LogP contribution is -1.98. The Labute approximate surface area is 146 Å². The van der Waals surface area contributed by atoms with Crippen LogP contribution in [0.4, 0.5) is 11.4 Å². The van der Waals surface area contributed by atoms with Crippen LogP contribution >= 0.6 is 27.5 Å². The molecule has 0 fully saturated rings. The van der Waals surface area contributed by atoms with E-state index in [2.05, 4.69) is 32.3 Å². The Morgan fingerprint density at radius 3 is 2.83 bits per heavy atom. The van der Waals surface area contributed by atoms with Gasteiger partial charge in [-0.05, 0) is 30.3 Å². The van der Waals surface area contributed by atoms with E-state index in [9.17, 15) is 5.26 Å². The Morgan fingerprint density at radius 1 is 1.26 bits per heavy atom. The van der Waals surface area contributed by atoms with E-state index < -0.39 is 0 Å². The van der Waals surface area contributed by atoms with Gasteiger partial charge in [-0.2, -0.15) is 5.26 Å². The van der Waals surface area contributed by atoms with E-state index in [4.69, 9.17) is 16.3 Å². The van der Waals surface area contributed by atoms with Crippen LogP contribution < -0.4 is 10.1 Å². The predicted molar refractivity (Wildman–Crippen MR) is 95.4 cm³/mol. The molecule has 6 heteroatoms. The van der Waals surface area contributed by atoms with Gasteiger partial charge in [-0.15, -0.1) is 0 Å². The number of anilines is 2. The number of methoxy groups -OCH3 is 1. The molecule has 0 saturated carbocycles. The highest BCUT2D eigenvalue weighted by molar-refractivity contribution is 9.10. The summed E-state index contributed by atoms with van der Waals surface area (Å²) in [5.74, 6) is 0.677. The number of pyridine rings is 1. The smallest absolute Gasteiger partial charge is 0.121 e. The second-order valence-corrected chi connectivity index (χ2v) is 6.11. The SMILES string of the molecule is COc1ccc(Cl)c(Nc2c(C#N)cnc3cc(Br)ccc23)c1.